The Morgan fingerprint density at radius 2 is 2.00 bits per heavy atom. The van der Waals surface area contributed by atoms with E-state index in [9.17, 15) is 14.4 Å². The molecule has 1 heterocycles. The molecule has 2 aliphatic rings. The maximum absolute atomic E-state index is 12.9. The zero-order valence-electron chi connectivity index (χ0n) is 14.0. The molecule has 1 atom stereocenters. The van der Waals surface area contributed by atoms with Gasteiger partial charge in [0.25, 0.3) is 11.5 Å². The molecule has 1 aromatic heterocycles. The Hall–Kier alpha value is -2.11. The number of carboxylic acids is 1. The molecule has 6 heteroatoms. The van der Waals surface area contributed by atoms with Crippen LogP contribution in [0, 0.1) is 5.92 Å². The molecule has 1 unspecified atom stereocenters. The lowest BCUT2D eigenvalue weighted by Crippen LogP contribution is -2.41. The van der Waals surface area contributed by atoms with Crippen molar-refractivity contribution in [3.63, 3.8) is 0 Å². The number of hydrogen-bond donors (Lipinski definition) is 2. The smallest absolute Gasteiger partial charge is 0.308 e. The lowest BCUT2D eigenvalue weighted by molar-refractivity contribution is -0.141. The summed E-state index contributed by atoms with van der Waals surface area (Å²) in [6.07, 6.45) is 6.73. The van der Waals surface area contributed by atoms with Gasteiger partial charge in [-0.3, -0.25) is 14.4 Å². The summed E-state index contributed by atoms with van der Waals surface area (Å²) in [5.41, 5.74) is 1.80. The Bertz CT molecular complexity index is 705. The molecule has 24 heavy (non-hydrogen) atoms. The standard InChI is InChI=1S/C18H24N2O4/c1-11(18(23)24)10-20(13-7-8-13)17(22)14-9-12-5-3-2-4-6-15(12)19-16(14)21/h9,11,13H,2-8,10H2,1H3,(H,19,21)(H,23,24). The van der Waals surface area contributed by atoms with Crippen LogP contribution in [-0.2, 0) is 17.6 Å². The molecule has 0 bridgehead atoms. The van der Waals surface area contributed by atoms with Gasteiger partial charge in [-0.2, -0.15) is 0 Å². The van der Waals surface area contributed by atoms with E-state index < -0.39 is 11.9 Å². The quantitative estimate of drug-likeness (QED) is 0.807. The van der Waals surface area contributed by atoms with Crippen molar-refractivity contribution in [2.24, 2.45) is 5.92 Å². The van der Waals surface area contributed by atoms with E-state index in [4.69, 9.17) is 5.11 Å². The number of pyridine rings is 1. The van der Waals surface area contributed by atoms with Crippen LogP contribution in [0.4, 0.5) is 0 Å². The normalized spacial score (nSPS) is 18.4. The van der Waals surface area contributed by atoms with Gasteiger partial charge in [0.05, 0.1) is 5.92 Å². The number of carbonyl (C=O) groups excluding carboxylic acids is 1. The molecule has 0 spiro atoms. The number of fused-ring (bicyclic) bond motifs is 1. The van der Waals surface area contributed by atoms with Crippen molar-refractivity contribution in [1.29, 1.82) is 0 Å². The zero-order valence-corrected chi connectivity index (χ0v) is 14.0. The second kappa shape index (κ2) is 6.79. The van der Waals surface area contributed by atoms with Crippen molar-refractivity contribution in [2.75, 3.05) is 6.54 Å². The van der Waals surface area contributed by atoms with Crippen molar-refractivity contribution < 1.29 is 14.7 Å². The number of nitrogens with zero attached hydrogens (tertiary/aromatic N) is 1. The highest BCUT2D eigenvalue weighted by molar-refractivity contribution is 5.94. The summed E-state index contributed by atoms with van der Waals surface area (Å²) in [5, 5.41) is 9.12. The number of aryl methyl sites for hydroxylation is 2. The van der Waals surface area contributed by atoms with Gasteiger partial charge in [-0.1, -0.05) is 13.3 Å². The summed E-state index contributed by atoms with van der Waals surface area (Å²) in [4.78, 5) is 40.9. The number of aliphatic carboxylic acids is 1. The van der Waals surface area contributed by atoms with E-state index in [2.05, 4.69) is 4.98 Å². The number of amides is 1. The third-order valence-electron chi connectivity index (χ3n) is 4.96. The SMILES string of the molecule is CC(CN(C(=O)c1cc2c([nH]c1=O)CCCCC2)C1CC1)C(=O)O. The number of H-pyrrole nitrogens is 1. The average molecular weight is 332 g/mol. The minimum atomic E-state index is -0.927. The Morgan fingerprint density at radius 1 is 1.29 bits per heavy atom. The molecule has 1 aromatic rings. The van der Waals surface area contributed by atoms with Crippen LogP contribution in [0.25, 0.3) is 0 Å². The number of carbonyl (C=O) groups is 2. The summed E-state index contributed by atoms with van der Waals surface area (Å²) >= 11 is 0. The van der Waals surface area contributed by atoms with E-state index in [1.165, 1.54) is 0 Å². The van der Waals surface area contributed by atoms with Crippen molar-refractivity contribution in [1.82, 2.24) is 9.88 Å². The van der Waals surface area contributed by atoms with Crippen LogP contribution in [0.15, 0.2) is 10.9 Å². The first kappa shape index (κ1) is 16.7. The van der Waals surface area contributed by atoms with E-state index >= 15 is 0 Å². The fourth-order valence-electron chi connectivity index (χ4n) is 3.32. The Morgan fingerprint density at radius 3 is 2.67 bits per heavy atom. The van der Waals surface area contributed by atoms with Gasteiger partial charge in [-0.05, 0) is 50.2 Å². The van der Waals surface area contributed by atoms with Crippen molar-refractivity contribution in [2.45, 2.75) is 57.9 Å². The largest absolute Gasteiger partial charge is 0.481 e. The first-order valence-corrected chi connectivity index (χ1v) is 8.76. The maximum Gasteiger partial charge on any atom is 0.308 e. The van der Waals surface area contributed by atoms with Crippen molar-refractivity contribution in [3.05, 3.63) is 33.2 Å². The van der Waals surface area contributed by atoms with Crippen LogP contribution in [-0.4, -0.2) is 39.5 Å². The minimum absolute atomic E-state index is 0.0671. The van der Waals surface area contributed by atoms with Crippen molar-refractivity contribution in [3.8, 4) is 0 Å². The fraction of sp³-hybridized carbons (Fsp3) is 0.611. The molecule has 0 radical (unpaired) electrons. The number of aromatic amines is 1. The van der Waals surface area contributed by atoms with Gasteiger partial charge in [0.1, 0.15) is 5.56 Å². The van der Waals surface area contributed by atoms with Gasteiger partial charge in [0.15, 0.2) is 0 Å². The second-order valence-electron chi connectivity index (χ2n) is 7.00. The van der Waals surface area contributed by atoms with Crippen LogP contribution in [0.5, 0.6) is 0 Å². The van der Waals surface area contributed by atoms with Crippen LogP contribution < -0.4 is 5.56 Å². The Balaban J connectivity index is 1.88. The second-order valence-corrected chi connectivity index (χ2v) is 7.00. The fourth-order valence-corrected chi connectivity index (χ4v) is 3.32. The van der Waals surface area contributed by atoms with Gasteiger partial charge < -0.3 is 15.0 Å². The molecule has 1 amide bonds. The summed E-state index contributed by atoms with van der Waals surface area (Å²) in [5.74, 6) is -1.90. The predicted octanol–water partition coefficient (Wildman–Crippen LogP) is 1.97. The molecule has 130 valence electrons. The molecule has 6 nitrogen and oxygen atoms in total. The molecule has 1 fully saturated rings. The first-order valence-electron chi connectivity index (χ1n) is 8.76. The number of nitrogens with one attached hydrogen (secondary N) is 1. The lowest BCUT2D eigenvalue weighted by atomic mass is 10.0. The van der Waals surface area contributed by atoms with E-state index in [-0.39, 0.29) is 29.6 Å². The highest BCUT2D eigenvalue weighted by Crippen LogP contribution is 2.29. The molecule has 3 rings (SSSR count). The van der Waals surface area contributed by atoms with E-state index in [1.807, 2.05) is 0 Å². The van der Waals surface area contributed by atoms with Crippen molar-refractivity contribution >= 4 is 11.9 Å². The molecule has 0 saturated heterocycles. The summed E-state index contributed by atoms with van der Waals surface area (Å²) < 4.78 is 0. The predicted molar refractivity (Wildman–Crippen MR) is 89.2 cm³/mol. The molecule has 0 aliphatic heterocycles. The molecular formula is C18H24N2O4. The average Bonchev–Trinajstić information content (AvgIpc) is 3.37. The van der Waals surface area contributed by atoms with E-state index in [1.54, 1.807) is 17.9 Å². The minimum Gasteiger partial charge on any atom is -0.481 e. The van der Waals surface area contributed by atoms with Gasteiger partial charge in [0.2, 0.25) is 0 Å². The summed E-state index contributed by atoms with van der Waals surface area (Å²) in [6.45, 7) is 1.74. The van der Waals surface area contributed by atoms with E-state index in [0.717, 1.165) is 56.2 Å². The maximum atomic E-state index is 12.9. The van der Waals surface area contributed by atoms with E-state index in [0.29, 0.717) is 0 Å². The number of rotatable bonds is 5. The molecule has 0 aromatic carbocycles. The number of aromatic nitrogens is 1. The first-order chi connectivity index (χ1) is 11.5. The van der Waals surface area contributed by atoms with Crippen LogP contribution >= 0.6 is 0 Å². The summed E-state index contributed by atoms with van der Waals surface area (Å²) in [6, 6.07) is 1.81. The lowest BCUT2D eigenvalue weighted by Gasteiger charge is -2.24. The third-order valence-corrected chi connectivity index (χ3v) is 4.96. The topological polar surface area (TPSA) is 90.5 Å². The Kier molecular flexibility index (Phi) is 4.73. The monoisotopic (exact) mass is 332 g/mol. The van der Waals surface area contributed by atoms with Crippen LogP contribution in [0.2, 0.25) is 0 Å². The molecule has 1 saturated carbocycles. The number of carboxylic acid groups (broad SMARTS) is 1. The van der Waals surface area contributed by atoms with Gasteiger partial charge in [0, 0.05) is 18.3 Å². The van der Waals surface area contributed by atoms with Gasteiger partial charge >= 0.3 is 5.97 Å². The van der Waals surface area contributed by atoms with Crippen LogP contribution in [0.3, 0.4) is 0 Å². The molecular weight excluding hydrogens is 308 g/mol. The highest BCUT2D eigenvalue weighted by Gasteiger charge is 2.36. The van der Waals surface area contributed by atoms with Gasteiger partial charge in [-0.25, -0.2) is 0 Å². The Labute approximate surface area is 140 Å². The molecule has 2 N–H and O–H groups in total. The summed E-state index contributed by atoms with van der Waals surface area (Å²) in [7, 11) is 0. The van der Waals surface area contributed by atoms with Gasteiger partial charge in [-0.15, -0.1) is 0 Å². The zero-order chi connectivity index (χ0) is 17.3. The highest BCUT2D eigenvalue weighted by atomic mass is 16.4. The number of hydrogen-bond acceptors (Lipinski definition) is 3. The molecule has 2 aliphatic carbocycles. The van der Waals surface area contributed by atoms with Crippen LogP contribution in [0.1, 0.15) is 60.6 Å². The third kappa shape index (κ3) is 3.52.